The lowest BCUT2D eigenvalue weighted by Crippen LogP contribution is -2.47. The molecular weight excluding hydrogens is 451 g/mol. The summed E-state index contributed by atoms with van der Waals surface area (Å²) in [4.78, 5) is 36.3. The minimum atomic E-state index is -0.299. The minimum Gasteiger partial charge on any atom is -0.483 e. The zero-order valence-electron chi connectivity index (χ0n) is 19.4. The van der Waals surface area contributed by atoms with Gasteiger partial charge in [0.15, 0.2) is 5.78 Å². The van der Waals surface area contributed by atoms with Crippen LogP contribution in [0, 0.1) is 17.7 Å². The van der Waals surface area contributed by atoms with E-state index in [4.69, 9.17) is 9.90 Å². The van der Waals surface area contributed by atoms with Gasteiger partial charge in [-0.3, -0.25) is 19.5 Å². The number of nitrogens with one attached hydrogen (secondary N) is 2. The molecule has 9 heteroatoms. The highest BCUT2D eigenvalue weighted by Crippen LogP contribution is 2.35. The molecule has 3 fully saturated rings. The lowest BCUT2D eigenvalue weighted by atomic mass is 9.76. The van der Waals surface area contributed by atoms with Crippen molar-refractivity contribution < 1.29 is 23.9 Å². The molecule has 0 spiro atoms. The van der Waals surface area contributed by atoms with E-state index in [1.165, 1.54) is 25.0 Å². The minimum absolute atomic E-state index is 0.0768. The van der Waals surface area contributed by atoms with Crippen LogP contribution in [-0.2, 0) is 22.6 Å². The van der Waals surface area contributed by atoms with Crippen LogP contribution in [0.4, 0.5) is 4.39 Å². The van der Waals surface area contributed by atoms with Gasteiger partial charge in [0.25, 0.3) is 6.47 Å². The molecule has 1 atom stereocenters. The molecule has 3 saturated heterocycles. The van der Waals surface area contributed by atoms with Gasteiger partial charge in [-0.2, -0.15) is 5.10 Å². The highest BCUT2D eigenvalue weighted by Gasteiger charge is 2.35. The predicted octanol–water partition coefficient (Wildman–Crippen LogP) is 3.18. The number of carbonyl (C=O) groups is 3. The number of piperidine rings is 3. The van der Waals surface area contributed by atoms with Crippen molar-refractivity contribution in [2.45, 2.75) is 32.2 Å². The van der Waals surface area contributed by atoms with Gasteiger partial charge in [0.2, 0.25) is 5.91 Å². The number of aromatic amines is 1. The molecule has 0 aliphatic carbocycles. The van der Waals surface area contributed by atoms with E-state index < -0.39 is 0 Å². The first kappa shape index (κ1) is 24.5. The topological polar surface area (TPSA) is 115 Å². The summed E-state index contributed by atoms with van der Waals surface area (Å²) in [6, 6.07) is 11.7. The second kappa shape index (κ2) is 11.2. The Morgan fingerprint density at radius 2 is 1.83 bits per heavy atom. The van der Waals surface area contributed by atoms with Crippen molar-refractivity contribution in [2.24, 2.45) is 11.8 Å². The Kier molecular flexibility index (Phi) is 7.87. The van der Waals surface area contributed by atoms with E-state index in [-0.39, 0.29) is 30.4 Å². The van der Waals surface area contributed by atoms with E-state index in [0.29, 0.717) is 30.5 Å². The number of amides is 1. The van der Waals surface area contributed by atoms with Gasteiger partial charge < -0.3 is 15.3 Å². The SMILES string of the molecule is O=C(Cc1ccc2[nH]nc(C(=O)C[C@@H]3CN4CCC3CC4)c2c1)NCc1ccc(F)cc1.O=CO. The summed E-state index contributed by atoms with van der Waals surface area (Å²) in [7, 11) is 0. The average Bonchev–Trinajstić information content (AvgIpc) is 3.28. The Hall–Kier alpha value is -3.59. The number of hydrogen-bond donors (Lipinski definition) is 3. The van der Waals surface area contributed by atoms with Crippen molar-refractivity contribution in [3.63, 3.8) is 0 Å². The molecule has 0 unspecified atom stereocenters. The third-order valence-electron chi connectivity index (χ3n) is 6.90. The molecular formula is C26H29FN4O4. The van der Waals surface area contributed by atoms with Crippen molar-refractivity contribution in [2.75, 3.05) is 19.6 Å². The fourth-order valence-corrected chi connectivity index (χ4v) is 5.09. The highest BCUT2D eigenvalue weighted by atomic mass is 19.1. The fourth-order valence-electron chi connectivity index (χ4n) is 5.09. The van der Waals surface area contributed by atoms with Crippen molar-refractivity contribution in [3.8, 4) is 0 Å². The summed E-state index contributed by atoms with van der Waals surface area (Å²) in [5, 5.41) is 17.8. The van der Waals surface area contributed by atoms with Gasteiger partial charge in [0.05, 0.1) is 11.9 Å². The van der Waals surface area contributed by atoms with E-state index in [1.54, 1.807) is 12.1 Å². The van der Waals surface area contributed by atoms with Crippen molar-refractivity contribution in [3.05, 3.63) is 65.1 Å². The molecule has 184 valence electrons. The van der Waals surface area contributed by atoms with E-state index in [2.05, 4.69) is 20.4 Å². The molecule has 3 aliphatic rings. The Morgan fingerprint density at radius 1 is 1.14 bits per heavy atom. The molecule has 3 N–H and O–H groups in total. The van der Waals surface area contributed by atoms with Crippen LogP contribution < -0.4 is 5.32 Å². The van der Waals surface area contributed by atoms with Crippen LogP contribution in [0.2, 0.25) is 0 Å². The van der Waals surface area contributed by atoms with Crippen LogP contribution in [-0.4, -0.2) is 58.0 Å². The zero-order valence-corrected chi connectivity index (χ0v) is 19.4. The second-order valence-electron chi connectivity index (χ2n) is 9.16. The Morgan fingerprint density at radius 3 is 2.49 bits per heavy atom. The molecule has 1 amide bonds. The summed E-state index contributed by atoms with van der Waals surface area (Å²) < 4.78 is 13.0. The lowest BCUT2D eigenvalue weighted by molar-refractivity contribution is -0.123. The summed E-state index contributed by atoms with van der Waals surface area (Å²) in [5.74, 6) is 0.712. The lowest BCUT2D eigenvalue weighted by Gasteiger charge is -2.44. The van der Waals surface area contributed by atoms with Crippen molar-refractivity contribution in [1.82, 2.24) is 20.4 Å². The molecule has 8 nitrogen and oxygen atoms in total. The number of nitrogens with zero attached hydrogens (tertiary/aromatic N) is 2. The van der Waals surface area contributed by atoms with Gasteiger partial charge in [-0.15, -0.1) is 0 Å². The molecule has 0 radical (unpaired) electrons. The van der Waals surface area contributed by atoms with Gasteiger partial charge in [0, 0.05) is 24.9 Å². The number of carbonyl (C=O) groups excluding carboxylic acids is 2. The molecule has 2 aromatic carbocycles. The number of H-pyrrole nitrogens is 1. The van der Waals surface area contributed by atoms with Crippen LogP contribution >= 0.6 is 0 Å². The molecule has 3 aromatic rings. The molecule has 3 aliphatic heterocycles. The number of aromatic nitrogens is 2. The predicted molar refractivity (Wildman–Crippen MR) is 128 cm³/mol. The average molecular weight is 481 g/mol. The number of carboxylic acid groups (broad SMARTS) is 1. The van der Waals surface area contributed by atoms with E-state index in [9.17, 15) is 14.0 Å². The molecule has 0 saturated carbocycles. The number of fused-ring (bicyclic) bond motifs is 4. The highest BCUT2D eigenvalue weighted by molar-refractivity contribution is 6.06. The van der Waals surface area contributed by atoms with Crippen LogP contribution in [0.15, 0.2) is 42.5 Å². The maximum Gasteiger partial charge on any atom is 0.290 e. The van der Waals surface area contributed by atoms with E-state index in [1.807, 2.05) is 18.2 Å². The summed E-state index contributed by atoms with van der Waals surface area (Å²) in [5.41, 5.74) is 2.95. The fraction of sp³-hybridized carbons (Fsp3) is 0.385. The molecule has 6 rings (SSSR count). The Bertz CT molecular complexity index is 1190. The Balaban J connectivity index is 0.000000917. The van der Waals surface area contributed by atoms with Crippen molar-refractivity contribution in [1.29, 1.82) is 0 Å². The standard InChI is InChI=1S/C25H27FN4O2.CH2O2/c26-20-4-1-16(2-5-20)14-27-24(32)12-17-3-6-22-21(11-17)25(29-28-22)23(31)13-19-15-30-9-7-18(19)8-10-30;2-1-3/h1-6,11,18-19H,7-10,12-15H2,(H,27,32)(H,28,29);1H,(H,2,3)/t19-;/m1./s1. The van der Waals surface area contributed by atoms with Gasteiger partial charge >= 0.3 is 0 Å². The van der Waals surface area contributed by atoms with Gasteiger partial charge in [-0.05, 0) is 73.2 Å². The number of halogens is 1. The quantitative estimate of drug-likeness (QED) is 0.353. The van der Waals surface area contributed by atoms with Gasteiger partial charge in [-0.1, -0.05) is 18.2 Å². The maximum absolute atomic E-state index is 13.1. The first-order valence-corrected chi connectivity index (χ1v) is 11.8. The summed E-state index contributed by atoms with van der Waals surface area (Å²) in [6.07, 6.45) is 3.12. The molecule has 2 bridgehead atoms. The third kappa shape index (κ3) is 6.10. The number of hydrogen-bond acceptors (Lipinski definition) is 5. The van der Waals surface area contributed by atoms with Gasteiger partial charge in [0.1, 0.15) is 11.5 Å². The summed E-state index contributed by atoms with van der Waals surface area (Å²) >= 11 is 0. The van der Waals surface area contributed by atoms with Crippen LogP contribution in [0.1, 0.15) is 40.9 Å². The number of ketones is 1. The Labute approximate surface area is 202 Å². The first-order valence-electron chi connectivity index (χ1n) is 11.8. The van der Waals surface area contributed by atoms with Crippen molar-refractivity contribution >= 4 is 29.1 Å². The number of Topliss-reactive ketones (excluding diaryl/α,β-unsaturated/α-hetero) is 1. The first-order chi connectivity index (χ1) is 17.0. The van der Waals surface area contributed by atoms with Gasteiger partial charge in [-0.25, -0.2) is 4.39 Å². The van der Waals surface area contributed by atoms with Crippen LogP contribution in [0.25, 0.3) is 10.9 Å². The van der Waals surface area contributed by atoms with Crippen LogP contribution in [0.5, 0.6) is 0 Å². The third-order valence-corrected chi connectivity index (χ3v) is 6.90. The van der Waals surface area contributed by atoms with E-state index >= 15 is 0 Å². The number of rotatable bonds is 7. The molecule has 4 heterocycles. The number of benzene rings is 2. The molecule has 35 heavy (non-hydrogen) atoms. The summed E-state index contributed by atoms with van der Waals surface area (Å²) in [6.45, 7) is 3.43. The maximum atomic E-state index is 13.1. The van der Waals surface area contributed by atoms with Crippen LogP contribution in [0.3, 0.4) is 0 Å². The normalized spacial score (nSPS) is 20.7. The molecule has 1 aromatic heterocycles. The second-order valence-corrected chi connectivity index (χ2v) is 9.16. The van der Waals surface area contributed by atoms with E-state index in [0.717, 1.165) is 41.7 Å². The monoisotopic (exact) mass is 480 g/mol. The largest absolute Gasteiger partial charge is 0.483 e. The zero-order chi connectivity index (χ0) is 24.8. The smallest absolute Gasteiger partial charge is 0.290 e.